The second-order valence-corrected chi connectivity index (χ2v) is 5.65. The maximum atomic E-state index is 12.4. The van der Waals surface area contributed by atoms with Gasteiger partial charge >= 0.3 is 0 Å². The molecule has 0 radical (unpaired) electrons. The third kappa shape index (κ3) is 3.61. The monoisotopic (exact) mass is 332 g/mol. The number of carbonyl (C=O) groups excluding carboxylic acids is 1. The standard InChI is InChI=1S/C16H17ClN4O2/c1-23-15-6-5-10(17)8-13(15)19-16(22)14-9-12(20-21-14)11-4-2-3-7-18-11/h2-8,12,14,20-21H,9H2,1H3,(H,19,22). The molecule has 1 fully saturated rings. The number of nitrogens with zero attached hydrogens (tertiary/aromatic N) is 1. The number of benzene rings is 1. The molecule has 2 unspecified atom stereocenters. The molecule has 1 saturated heterocycles. The van der Waals surface area contributed by atoms with Gasteiger partial charge in [-0.25, -0.2) is 10.9 Å². The fourth-order valence-electron chi connectivity index (χ4n) is 2.50. The summed E-state index contributed by atoms with van der Waals surface area (Å²) in [6.07, 6.45) is 2.34. The third-order valence-electron chi connectivity index (χ3n) is 3.68. The van der Waals surface area contributed by atoms with E-state index in [0.717, 1.165) is 5.69 Å². The summed E-state index contributed by atoms with van der Waals surface area (Å²) in [5.74, 6) is 0.409. The minimum absolute atomic E-state index is 0.00629. The molecule has 2 heterocycles. The maximum absolute atomic E-state index is 12.4. The van der Waals surface area contributed by atoms with Crippen LogP contribution in [0.25, 0.3) is 0 Å². The molecular weight excluding hydrogens is 316 g/mol. The molecule has 6 nitrogen and oxygen atoms in total. The largest absolute Gasteiger partial charge is 0.495 e. The van der Waals surface area contributed by atoms with Gasteiger partial charge in [0.25, 0.3) is 0 Å². The molecule has 2 aromatic rings. The zero-order chi connectivity index (χ0) is 16.2. The number of rotatable bonds is 4. The summed E-state index contributed by atoms with van der Waals surface area (Å²) in [6.45, 7) is 0. The van der Waals surface area contributed by atoms with E-state index in [2.05, 4.69) is 21.2 Å². The van der Waals surface area contributed by atoms with Gasteiger partial charge in [0.1, 0.15) is 11.8 Å². The SMILES string of the molecule is COc1ccc(Cl)cc1NC(=O)C1CC(c2ccccn2)NN1. The highest BCUT2D eigenvalue weighted by molar-refractivity contribution is 6.31. The Morgan fingerprint density at radius 1 is 1.35 bits per heavy atom. The van der Waals surface area contributed by atoms with Crippen molar-refractivity contribution in [2.24, 2.45) is 0 Å². The van der Waals surface area contributed by atoms with Crippen molar-refractivity contribution in [3.8, 4) is 5.75 Å². The van der Waals surface area contributed by atoms with E-state index in [-0.39, 0.29) is 18.0 Å². The van der Waals surface area contributed by atoms with E-state index < -0.39 is 0 Å². The smallest absolute Gasteiger partial charge is 0.243 e. The topological polar surface area (TPSA) is 75.3 Å². The molecule has 3 rings (SSSR count). The summed E-state index contributed by atoms with van der Waals surface area (Å²) >= 11 is 5.98. The van der Waals surface area contributed by atoms with Crippen molar-refractivity contribution < 1.29 is 9.53 Å². The molecule has 2 atom stereocenters. The van der Waals surface area contributed by atoms with E-state index in [1.165, 1.54) is 0 Å². The van der Waals surface area contributed by atoms with Crippen LogP contribution < -0.4 is 20.9 Å². The number of amides is 1. The number of carbonyl (C=O) groups is 1. The number of hydrazine groups is 1. The first-order valence-corrected chi connectivity index (χ1v) is 7.61. The first kappa shape index (κ1) is 15.7. The van der Waals surface area contributed by atoms with Crippen molar-refractivity contribution in [2.45, 2.75) is 18.5 Å². The highest BCUT2D eigenvalue weighted by Gasteiger charge is 2.31. The van der Waals surface area contributed by atoms with Gasteiger partial charge in [-0.15, -0.1) is 0 Å². The lowest BCUT2D eigenvalue weighted by atomic mass is 10.1. The van der Waals surface area contributed by atoms with Crippen LogP contribution >= 0.6 is 11.6 Å². The number of hydrogen-bond donors (Lipinski definition) is 3. The van der Waals surface area contributed by atoms with Gasteiger partial charge in [0, 0.05) is 11.2 Å². The quantitative estimate of drug-likeness (QED) is 0.801. The molecule has 120 valence electrons. The number of nitrogens with one attached hydrogen (secondary N) is 3. The van der Waals surface area contributed by atoms with Crippen molar-refractivity contribution in [2.75, 3.05) is 12.4 Å². The third-order valence-corrected chi connectivity index (χ3v) is 3.92. The zero-order valence-corrected chi connectivity index (χ0v) is 13.3. The summed E-state index contributed by atoms with van der Waals surface area (Å²) < 4.78 is 5.23. The van der Waals surface area contributed by atoms with Gasteiger partial charge < -0.3 is 10.1 Å². The molecule has 1 aromatic carbocycles. The first-order chi connectivity index (χ1) is 11.2. The van der Waals surface area contributed by atoms with E-state index in [0.29, 0.717) is 22.9 Å². The van der Waals surface area contributed by atoms with Crippen LogP contribution in [0.3, 0.4) is 0 Å². The molecule has 0 bridgehead atoms. The van der Waals surface area contributed by atoms with Crippen molar-refractivity contribution in [3.63, 3.8) is 0 Å². The maximum Gasteiger partial charge on any atom is 0.243 e. The second-order valence-electron chi connectivity index (χ2n) is 5.22. The van der Waals surface area contributed by atoms with Crippen LogP contribution in [0.15, 0.2) is 42.6 Å². The first-order valence-electron chi connectivity index (χ1n) is 7.24. The van der Waals surface area contributed by atoms with Crippen molar-refractivity contribution in [1.82, 2.24) is 15.8 Å². The van der Waals surface area contributed by atoms with E-state index in [1.54, 1.807) is 31.5 Å². The molecule has 7 heteroatoms. The van der Waals surface area contributed by atoms with Gasteiger partial charge in [0.05, 0.1) is 24.5 Å². The molecule has 0 aliphatic carbocycles. The Balaban J connectivity index is 1.67. The summed E-state index contributed by atoms with van der Waals surface area (Å²) in [5.41, 5.74) is 7.55. The molecule has 1 aliphatic heterocycles. The van der Waals surface area contributed by atoms with Gasteiger partial charge in [0.2, 0.25) is 5.91 Å². The second kappa shape index (κ2) is 6.95. The molecule has 0 spiro atoms. The number of halogens is 1. The van der Waals surface area contributed by atoms with Gasteiger partial charge in [0.15, 0.2) is 0 Å². The summed E-state index contributed by atoms with van der Waals surface area (Å²) in [5, 5.41) is 3.38. The van der Waals surface area contributed by atoms with Gasteiger partial charge in [-0.05, 0) is 36.8 Å². The highest BCUT2D eigenvalue weighted by atomic mass is 35.5. The van der Waals surface area contributed by atoms with Crippen molar-refractivity contribution in [1.29, 1.82) is 0 Å². The Bertz CT molecular complexity index is 696. The van der Waals surface area contributed by atoms with Crippen LogP contribution in [0.2, 0.25) is 5.02 Å². The number of anilines is 1. The Kier molecular flexibility index (Phi) is 4.76. The predicted molar refractivity (Wildman–Crippen MR) is 88.3 cm³/mol. The Labute approximate surface area is 139 Å². The fraction of sp³-hybridized carbons (Fsp3) is 0.250. The van der Waals surface area contributed by atoms with E-state index in [9.17, 15) is 4.79 Å². The van der Waals surface area contributed by atoms with Crippen molar-refractivity contribution in [3.05, 3.63) is 53.3 Å². The van der Waals surface area contributed by atoms with Crippen LogP contribution in [-0.2, 0) is 4.79 Å². The number of methoxy groups -OCH3 is 1. The Morgan fingerprint density at radius 3 is 2.96 bits per heavy atom. The van der Waals surface area contributed by atoms with E-state index >= 15 is 0 Å². The highest BCUT2D eigenvalue weighted by Crippen LogP contribution is 2.28. The summed E-state index contributed by atoms with van der Waals surface area (Å²) in [4.78, 5) is 16.7. The summed E-state index contributed by atoms with van der Waals surface area (Å²) in [6, 6.07) is 10.4. The molecule has 1 aliphatic rings. The molecule has 1 aromatic heterocycles. The van der Waals surface area contributed by atoms with Gasteiger partial charge in [-0.1, -0.05) is 17.7 Å². The predicted octanol–water partition coefficient (Wildman–Crippen LogP) is 2.29. The lowest BCUT2D eigenvalue weighted by Crippen LogP contribution is -2.39. The van der Waals surface area contributed by atoms with Crippen LogP contribution in [0, 0.1) is 0 Å². The Morgan fingerprint density at radius 2 is 2.22 bits per heavy atom. The lowest BCUT2D eigenvalue weighted by molar-refractivity contribution is -0.117. The Hall–Kier alpha value is -2.15. The van der Waals surface area contributed by atoms with E-state index in [1.807, 2.05) is 18.2 Å². The van der Waals surface area contributed by atoms with E-state index in [4.69, 9.17) is 16.3 Å². The molecule has 3 N–H and O–H groups in total. The average Bonchev–Trinajstić information content (AvgIpc) is 3.06. The minimum atomic E-state index is -0.370. The van der Waals surface area contributed by atoms with Crippen molar-refractivity contribution >= 4 is 23.2 Å². The van der Waals surface area contributed by atoms with Crippen LogP contribution in [0.1, 0.15) is 18.2 Å². The van der Waals surface area contributed by atoms with Crippen LogP contribution in [0.5, 0.6) is 5.75 Å². The molecule has 23 heavy (non-hydrogen) atoms. The zero-order valence-electron chi connectivity index (χ0n) is 12.5. The molecule has 1 amide bonds. The van der Waals surface area contributed by atoms with Crippen LogP contribution in [0.4, 0.5) is 5.69 Å². The van der Waals surface area contributed by atoms with Gasteiger partial charge in [-0.3, -0.25) is 9.78 Å². The van der Waals surface area contributed by atoms with Gasteiger partial charge in [-0.2, -0.15) is 0 Å². The van der Waals surface area contributed by atoms with Crippen LogP contribution in [-0.4, -0.2) is 24.0 Å². The lowest BCUT2D eigenvalue weighted by Gasteiger charge is -2.13. The normalized spacial score (nSPS) is 20.3. The average molecular weight is 333 g/mol. The number of hydrogen-bond acceptors (Lipinski definition) is 5. The number of pyridine rings is 1. The number of aromatic nitrogens is 1. The molecular formula is C16H17ClN4O2. The molecule has 0 saturated carbocycles. The fourth-order valence-corrected chi connectivity index (χ4v) is 2.67. The number of ether oxygens (including phenoxy) is 1. The minimum Gasteiger partial charge on any atom is -0.495 e. The summed E-state index contributed by atoms with van der Waals surface area (Å²) in [7, 11) is 1.55.